The Morgan fingerprint density at radius 1 is 1.00 bits per heavy atom. The van der Waals surface area contributed by atoms with Crippen molar-refractivity contribution in [2.24, 2.45) is 4.99 Å². The van der Waals surface area contributed by atoms with Crippen molar-refractivity contribution in [2.75, 3.05) is 13.1 Å². The van der Waals surface area contributed by atoms with Gasteiger partial charge in [-0.2, -0.15) is 0 Å². The minimum Gasteiger partial charge on any atom is -0.507 e. The van der Waals surface area contributed by atoms with Crippen molar-refractivity contribution in [1.82, 2.24) is 4.72 Å². The van der Waals surface area contributed by atoms with Crippen LogP contribution < -0.4 is 4.72 Å². The number of phenols is 1. The number of phenolic OH excluding ortho intramolecular Hbond substituents is 1. The maximum atomic E-state index is 12.3. The number of sulfonamides is 1. The molecule has 5 nitrogen and oxygen atoms in total. The van der Waals surface area contributed by atoms with Crippen LogP contribution in [0.25, 0.3) is 0 Å². The third kappa shape index (κ3) is 6.91. The van der Waals surface area contributed by atoms with Crippen molar-refractivity contribution >= 4 is 16.2 Å². The summed E-state index contributed by atoms with van der Waals surface area (Å²) in [7, 11) is -3.51. The Hall–Kier alpha value is -2.18. The number of aliphatic imine (C=N–C) groups is 1. The molecule has 0 saturated carbocycles. The molecule has 0 bridgehead atoms. The Balaban J connectivity index is 2.05. The molecule has 0 spiro atoms. The predicted octanol–water partition coefficient (Wildman–Crippen LogP) is 5.08. The highest BCUT2D eigenvalue weighted by Crippen LogP contribution is 2.37. The molecule has 0 aliphatic rings. The quantitative estimate of drug-likeness (QED) is 0.461. The zero-order valence-corrected chi connectivity index (χ0v) is 20.6. The van der Waals surface area contributed by atoms with E-state index in [1.807, 2.05) is 13.0 Å². The van der Waals surface area contributed by atoms with Crippen molar-refractivity contribution in [1.29, 1.82) is 0 Å². The zero-order valence-electron chi connectivity index (χ0n) is 19.8. The molecule has 6 heteroatoms. The van der Waals surface area contributed by atoms with Crippen LogP contribution in [0.1, 0.15) is 70.2 Å². The van der Waals surface area contributed by atoms with Crippen molar-refractivity contribution in [2.45, 2.75) is 70.6 Å². The number of hydrogen-bond donors (Lipinski definition) is 2. The number of nitrogens with one attached hydrogen (secondary N) is 1. The van der Waals surface area contributed by atoms with Gasteiger partial charge in [-0.05, 0) is 47.9 Å². The Morgan fingerprint density at radius 2 is 1.61 bits per heavy atom. The van der Waals surface area contributed by atoms with E-state index in [0.29, 0.717) is 25.1 Å². The van der Waals surface area contributed by atoms with Crippen LogP contribution in [0.2, 0.25) is 0 Å². The van der Waals surface area contributed by atoms with Gasteiger partial charge in [-0.3, -0.25) is 4.99 Å². The third-order valence-corrected chi connectivity index (χ3v) is 6.61. The summed E-state index contributed by atoms with van der Waals surface area (Å²) in [5.41, 5.74) is 3.50. The summed E-state index contributed by atoms with van der Waals surface area (Å²) in [6, 6.07) is 10.8. The number of aryl methyl sites for hydroxylation is 1. The van der Waals surface area contributed by atoms with Gasteiger partial charge in [0.05, 0.1) is 4.90 Å². The molecule has 0 radical (unpaired) electrons. The molecular formula is C25H36N2O3S. The first kappa shape index (κ1) is 25.1. The smallest absolute Gasteiger partial charge is 0.240 e. The van der Waals surface area contributed by atoms with Crippen LogP contribution in [0.15, 0.2) is 46.3 Å². The van der Waals surface area contributed by atoms with Gasteiger partial charge in [0.25, 0.3) is 0 Å². The van der Waals surface area contributed by atoms with E-state index < -0.39 is 10.0 Å². The first-order chi connectivity index (χ1) is 14.2. The summed E-state index contributed by atoms with van der Waals surface area (Å²) >= 11 is 0. The molecular weight excluding hydrogens is 408 g/mol. The molecule has 0 aliphatic carbocycles. The highest BCUT2D eigenvalue weighted by Gasteiger charge is 2.24. The highest BCUT2D eigenvalue weighted by molar-refractivity contribution is 7.89. The lowest BCUT2D eigenvalue weighted by Crippen LogP contribution is -2.25. The maximum Gasteiger partial charge on any atom is 0.240 e. The van der Waals surface area contributed by atoms with Crippen LogP contribution in [0.3, 0.4) is 0 Å². The number of rotatable bonds is 7. The molecule has 0 aliphatic heterocycles. The van der Waals surface area contributed by atoms with Crippen molar-refractivity contribution in [3.63, 3.8) is 0 Å². The molecule has 0 amide bonds. The molecule has 0 atom stereocenters. The SMILES string of the molecule is Cc1ccc(S(=O)(=O)NCCCN=Cc2cc(C(C)(C)C)cc(C(C)(C)C)c2O)cc1. The largest absolute Gasteiger partial charge is 0.507 e. The molecule has 2 N–H and O–H groups in total. The fourth-order valence-corrected chi connectivity index (χ4v) is 4.17. The standard InChI is InChI=1S/C25H36N2O3S/c1-18-9-11-21(12-10-18)31(29,30)27-14-8-13-26-17-19-15-20(24(2,3)4)16-22(23(19)28)25(5,6)7/h9-12,15-17,27-28H,8,13-14H2,1-7H3. The Bertz CT molecular complexity index is 1030. The number of aromatic hydroxyl groups is 1. The number of hydrogen-bond acceptors (Lipinski definition) is 4. The summed E-state index contributed by atoms with van der Waals surface area (Å²) in [4.78, 5) is 4.70. The predicted molar refractivity (Wildman–Crippen MR) is 129 cm³/mol. The Kier molecular flexibility index (Phi) is 7.71. The van der Waals surface area contributed by atoms with E-state index in [1.54, 1.807) is 30.5 Å². The minimum absolute atomic E-state index is 0.0510. The van der Waals surface area contributed by atoms with Gasteiger partial charge < -0.3 is 5.11 Å². The van der Waals surface area contributed by atoms with Crippen LogP contribution in [-0.4, -0.2) is 32.8 Å². The second kappa shape index (κ2) is 9.53. The van der Waals surface area contributed by atoms with Crippen LogP contribution in [0.5, 0.6) is 5.75 Å². The van der Waals surface area contributed by atoms with Gasteiger partial charge in [0.2, 0.25) is 10.0 Å². The second-order valence-electron chi connectivity index (χ2n) is 10.1. The van der Waals surface area contributed by atoms with Gasteiger partial charge in [0.1, 0.15) is 5.75 Å². The average molecular weight is 445 g/mol. The summed E-state index contributed by atoms with van der Waals surface area (Å²) in [5, 5.41) is 10.8. The molecule has 0 aromatic heterocycles. The van der Waals surface area contributed by atoms with Crippen LogP contribution >= 0.6 is 0 Å². The third-order valence-electron chi connectivity index (χ3n) is 5.13. The van der Waals surface area contributed by atoms with E-state index in [1.165, 1.54) is 0 Å². The van der Waals surface area contributed by atoms with Gasteiger partial charge >= 0.3 is 0 Å². The molecule has 2 rings (SSSR count). The second-order valence-corrected chi connectivity index (χ2v) is 11.8. The normalized spacial score (nSPS) is 13.1. The summed E-state index contributed by atoms with van der Waals surface area (Å²) in [6.07, 6.45) is 2.25. The fourth-order valence-electron chi connectivity index (χ4n) is 3.10. The van der Waals surface area contributed by atoms with Gasteiger partial charge in [0, 0.05) is 30.4 Å². The topological polar surface area (TPSA) is 78.8 Å². The van der Waals surface area contributed by atoms with Crippen LogP contribution in [0, 0.1) is 6.92 Å². The molecule has 0 saturated heterocycles. The lowest BCUT2D eigenvalue weighted by atomic mass is 9.79. The van der Waals surface area contributed by atoms with E-state index in [-0.39, 0.29) is 21.5 Å². The van der Waals surface area contributed by atoms with Crippen molar-refractivity contribution in [3.05, 3.63) is 58.7 Å². The van der Waals surface area contributed by atoms with Gasteiger partial charge in [-0.15, -0.1) is 0 Å². The minimum atomic E-state index is -3.51. The lowest BCUT2D eigenvalue weighted by molar-refractivity contribution is 0.444. The molecule has 0 fully saturated rings. The first-order valence-electron chi connectivity index (χ1n) is 10.7. The number of benzene rings is 2. The fraction of sp³-hybridized carbons (Fsp3) is 0.480. The molecule has 2 aromatic carbocycles. The first-order valence-corrected chi connectivity index (χ1v) is 12.1. The van der Waals surface area contributed by atoms with Crippen LogP contribution in [-0.2, 0) is 20.9 Å². The van der Waals surface area contributed by atoms with Gasteiger partial charge in [-0.25, -0.2) is 13.1 Å². The molecule has 170 valence electrons. The average Bonchev–Trinajstić information content (AvgIpc) is 2.64. The molecule has 31 heavy (non-hydrogen) atoms. The van der Waals surface area contributed by atoms with Crippen molar-refractivity contribution in [3.8, 4) is 5.75 Å². The zero-order chi connectivity index (χ0) is 23.4. The number of nitrogens with zero attached hydrogens (tertiary/aromatic N) is 1. The van der Waals surface area contributed by atoms with E-state index in [0.717, 1.165) is 16.7 Å². The monoisotopic (exact) mass is 444 g/mol. The van der Waals surface area contributed by atoms with Gasteiger partial charge in [0.15, 0.2) is 0 Å². The Morgan fingerprint density at radius 3 is 2.16 bits per heavy atom. The summed E-state index contributed by atoms with van der Waals surface area (Å²) < 4.78 is 27.3. The van der Waals surface area contributed by atoms with E-state index in [2.05, 4.69) is 57.3 Å². The lowest BCUT2D eigenvalue weighted by Gasteiger charge is -2.27. The highest BCUT2D eigenvalue weighted by atomic mass is 32.2. The molecule has 0 unspecified atom stereocenters. The van der Waals surface area contributed by atoms with E-state index in [9.17, 15) is 13.5 Å². The van der Waals surface area contributed by atoms with Crippen molar-refractivity contribution < 1.29 is 13.5 Å². The van der Waals surface area contributed by atoms with Gasteiger partial charge in [-0.1, -0.05) is 65.3 Å². The summed E-state index contributed by atoms with van der Waals surface area (Å²) in [5.74, 6) is 0.254. The van der Waals surface area contributed by atoms with E-state index >= 15 is 0 Å². The molecule has 2 aromatic rings. The Labute approximate surface area is 187 Å². The van der Waals surface area contributed by atoms with E-state index in [4.69, 9.17) is 0 Å². The maximum absolute atomic E-state index is 12.3. The van der Waals surface area contributed by atoms with Crippen LogP contribution in [0.4, 0.5) is 0 Å². The molecule has 0 heterocycles. The summed E-state index contributed by atoms with van der Waals surface area (Å²) in [6.45, 7) is 15.4.